The zero-order valence-electron chi connectivity index (χ0n) is 17.1. The third-order valence-corrected chi connectivity index (χ3v) is 4.99. The van der Waals surface area contributed by atoms with Gasteiger partial charge in [-0.15, -0.1) is 0 Å². The smallest absolute Gasteiger partial charge is 0.319 e. The molecule has 2 aromatic carbocycles. The second-order valence-corrected chi connectivity index (χ2v) is 6.96. The number of benzene rings is 2. The normalized spacial score (nSPS) is 18.8. The molecule has 3 rings (SSSR count). The molecule has 0 saturated carbocycles. The summed E-state index contributed by atoms with van der Waals surface area (Å²) in [4.78, 5) is 25.8. The lowest BCUT2D eigenvalue weighted by molar-refractivity contribution is -0.162. The predicted molar refractivity (Wildman–Crippen MR) is 112 cm³/mol. The predicted octanol–water partition coefficient (Wildman–Crippen LogP) is 2.30. The van der Waals surface area contributed by atoms with Crippen molar-refractivity contribution in [3.63, 3.8) is 0 Å². The van der Waals surface area contributed by atoms with E-state index in [0.29, 0.717) is 18.8 Å². The molecule has 3 N–H and O–H groups in total. The van der Waals surface area contributed by atoms with Crippen LogP contribution in [0.5, 0.6) is 5.75 Å². The molecule has 0 radical (unpaired) electrons. The van der Waals surface area contributed by atoms with Gasteiger partial charge in [0.05, 0.1) is 19.8 Å². The van der Waals surface area contributed by atoms with Gasteiger partial charge in [0.25, 0.3) is 0 Å². The van der Waals surface area contributed by atoms with E-state index < -0.39 is 12.1 Å². The van der Waals surface area contributed by atoms with E-state index in [4.69, 9.17) is 9.47 Å². The maximum absolute atomic E-state index is 12.5. The third-order valence-electron chi connectivity index (χ3n) is 4.99. The number of hydrogen-bond acceptors (Lipinski definition) is 5. The third kappa shape index (κ3) is 5.08. The maximum Gasteiger partial charge on any atom is 0.319 e. The Bertz CT molecular complexity index is 854. The first kappa shape index (κ1) is 21.6. The molecule has 1 saturated heterocycles. The van der Waals surface area contributed by atoms with Crippen LogP contribution in [0, 0.1) is 0 Å². The summed E-state index contributed by atoms with van der Waals surface area (Å²) in [5.41, 5.74) is 2.40. The quantitative estimate of drug-likeness (QED) is 0.647. The number of nitrogens with zero attached hydrogens (tertiary/aromatic N) is 1. The van der Waals surface area contributed by atoms with Crippen molar-refractivity contribution >= 4 is 17.6 Å². The van der Waals surface area contributed by atoms with Crippen LogP contribution < -0.4 is 15.4 Å². The summed E-state index contributed by atoms with van der Waals surface area (Å²) in [5.74, 6) is 0.570. The first-order chi connectivity index (χ1) is 14.5. The number of hydrogen-bond donors (Lipinski definition) is 3. The summed E-state index contributed by atoms with van der Waals surface area (Å²) in [7, 11) is 1.60. The van der Waals surface area contributed by atoms with Gasteiger partial charge in [-0.1, -0.05) is 24.3 Å². The van der Waals surface area contributed by atoms with Gasteiger partial charge in [0, 0.05) is 18.8 Å². The summed E-state index contributed by atoms with van der Waals surface area (Å²) >= 11 is 0. The minimum atomic E-state index is -0.518. The molecule has 0 aromatic heterocycles. The van der Waals surface area contributed by atoms with Crippen molar-refractivity contribution in [1.82, 2.24) is 10.2 Å². The summed E-state index contributed by atoms with van der Waals surface area (Å²) in [6.45, 7) is 2.46. The number of amides is 3. The summed E-state index contributed by atoms with van der Waals surface area (Å²) in [6, 6.07) is 13.9. The van der Waals surface area contributed by atoms with E-state index in [2.05, 4.69) is 10.6 Å². The maximum atomic E-state index is 12.5. The van der Waals surface area contributed by atoms with Crippen molar-refractivity contribution in [2.75, 3.05) is 32.2 Å². The van der Waals surface area contributed by atoms with Crippen molar-refractivity contribution in [1.29, 1.82) is 0 Å². The number of morpholine rings is 1. The van der Waals surface area contributed by atoms with Gasteiger partial charge in [0.2, 0.25) is 5.91 Å². The molecule has 0 unspecified atom stereocenters. The highest BCUT2D eigenvalue weighted by molar-refractivity contribution is 5.89. The number of urea groups is 1. The minimum absolute atomic E-state index is 0.0593. The molecule has 1 aliphatic heterocycles. The van der Waals surface area contributed by atoms with Gasteiger partial charge in [0.15, 0.2) is 0 Å². The summed E-state index contributed by atoms with van der Waals surface area (Å²) in [6.07, 6.45) is -0.468. The number of aliphatic hydroxyl groups excluding tert-OH is 1. The zero-order valence-corrected chi connectivity index (χ0v) is 17.1. The lowest BCUT2D eigenvalue weighted by Gasteiger charge is -2.40. The topological polar surface area (TPSA) is 100 Å². The number of anilines is 1. The van der Waals surface area contributed by atoms with Gasteiger partial charge in [-0.3, -0.25) is 4.79 Å². The molecule has 0 spiro atoms. The Labute approximate surface area is 175 Å². The van der Waals surface area contributed by atoms with Gasteiger partial charge in [-0.2, -0.15) is 0 Å². The first-order valence-corrected chi connectivity index (χ1v) is 9.85. The average molecular weight is 413 g/mol. The molecule has 1 aliphatic rings. The van der Waals surface area contributed by atoms with Crippen molar-refractivity contribution in [2.45, 2.75) is 25.6 Å². The molecular formula is C22H27N3O5. The number of rotatable bonds is 7. The van der Waals surface area contributed by atoms with E-state index in [-0.39, 0.29) is 25.2 Å². The van der Waals surface area contributed by atoms with Crippen LogP contribution in [0.2, 0.25) is 0 Å². The Hall–Kier alpha value is -3.10. The standard InChI is InChI=1S/C22H27N3O5/c1-3-23-22(28)24-17-8-6-16(7-9-17)21-19(13-26)25(20(27)14-30-21)12-15-4-10-18(29-2)11-5-15/h4-11,19,21,26H,3,12-14H2,1-2H3,(H2,23,24,28)/t19-,21-/m1/s1. The van der Waals surface area contributed by atoms with E-state index in [9.17, 15) is 14.7 Å². The van der Waals surface area contributed by atoms with Gasteiger partial charge in [0.1, 0.15) is 18.5 Å². The molecule has 8 nitrogen and oxygen atoms in total. The number of aliphatic hydroxyl groups is 1. The molecule has 0 bridgehead atoms. The van der Waals surface area contributed by atoms with Crippen LogP contribution in [0.3, 0.4) is 0 Å². The van der Waals surface area contributed by atoms with Crippen LogP contribution in [0.15, 0.2) is 48.5 Å². The van der Waals surface area contributed by atoms with Gasteiger partial charge in [-0.05, 0) is 42.3 Å². The lowest BCUT2D eigenvalue weighted by atomic mass is 9.98. The Kier molecular flexibility index (Phi) is 7.26. The van der Waals surface area contributed by atoms with Crippen molar-refractivity contribution in [2.24, 2.45) is 0 Å². The highest BCUT2D eigenvalue weighted by atomic mass is 16.5. The molecule has 0 aliphatic carbocycles. The van der Waals surface area contributed by atoms with Crippen LogP contribution in [0.4, 0.5) is 10.5 Å². The van der Waals surface area contributed by atoms with Gasteiger partial charge < -0.3 is 30.1 Å². The number of carbonyl (C=O) groups is 2. The second kappa shape index (κ2) is 10.1. The Morgan fingerprint density at radius 3 is 2.50 bits per heavy atom. The second-order valence-electron chi connectivity index (χ2n) is 6.96. The Balaban J connectivity index is 1.74. The number of ether oxygens (including phenoxy) is 2. The molecule has 160 valence electrons. The zero-order chi connectivity index (χ0) is 21.5. The van der Waals surface area contributed by atoms with Crippen molar-refractivity contribution in [3.8, 4) is 5.75 Å². The minimum Gasteiger partial charge on any atom is -0.497 e. The van der Waals surface area contributed by atoms with Crippen LogP contribution in [-0.4, -0.2) is 54.9 Å². The largest absolute Gasteiger partial charge is 0.497 e. The van der Waals surface area contributed by atoms with E-state index in [0.717, 1.165) is 16.9 Å². The highest BCUT2D eigenvalue weighted by Gasteiger charge is 2.37. The fourth-order valence-electron chi connectivity index (χ4n) is 3.44. The van der Waals surface area contributed by atoms with Crippen molar-refractivity contribution < 1.29 is 24.2 Å². The summed E-state index contributed by atoms with van der Waals surface area (Å²) < 4.78 is 10.9. The number of methoxy groups -OCH3 is 1. The molecule has 1 fully saturated rings. The molecule has 30 heavy (non-hydrogen) atoms. The van der Waals surface area contributed by atoms with Crippen molar-refractivity contribution in [3.05, 3.63) is 59.7 Å². The van der Waals surface area contributed by atoms with Gasteiger partial charge >= 0.3 is 6.03 Å². The molecule has 2 aromatic rings. The highest BCUT2D eigenvalue weighted by Crippen LogP contribution is 2.31. The molecule has 1 heterocycles. The lowest BCUT2D eigenvalue weighted by Crippen LogP contribution is -2.52. The molecule has 8 heteroatoms. The fourth-order valence-corrected chi connectivity index (χ4v) is 3.44. The van der Waals surface area contributed by atoms with E-state index in [1.165, 1.54) is 0 Å². The molecule has 2 atom stereocenters. The van der Waals surface area contributed by atoms with Crippen LogP contribution in [-0.2, 0) is 16.1 Å². The Morgan fingerprint density at radius 1 is 1.20 bits per heavy atom. The number of carbonyl (C=O) groups excluding carboxylic acids is 2. The van der Waals surface area contributed by atoms with E-state index >= 15 is 0 Å². The monoisotopic (exact) mass is 413 g/mol. The number of nitrogens with one attached hydrogen (secondary N) is 2. The Morgan fingerprint density at radius 2 is 1.90 bits per heavy atom. The summed E-state index contributed by atoms with van der Waals surface area (Å²) in [5, 5.41) is 15.5. The first-order valence-electron chi connectivity index (χ1n) is 9.85. The average Bonchev–Trinajstić information content (AvgIpc) is 2.76. The van der Waals surface area contributed by atoms with Gasteiger partial charge in [-0.25, -0.2) is 4.79 Å². The van der Waals surface area contributed by atoms with E-state index in [1.807, 2.05) is 43.3 Å². The van der Waals surface area contributed by atoms with Crippen LogP contribution in [0.25, 0.3) is 0 Å². The van der Waals surface area contributed by atoms with E-state index in [1.54, 1.807) is 24.1 Å². The van der Waals surface area contributed by atoms with Crippen LogP contribution in [0.1, 0.15) is 24.2 Å². The molecule has 3 amide bonds. The van der Waals surface area contributed by atoms with Crippen LogP contribution >= 0.6 is 0 Å². The fraction of sp³-hybridized carbons (Fsp3) is 0.364. The SMILES string of the molecule is CCNC(=O)Nc1ccc([C@H]2OCC(=O)N(Cc3ccc(OC)cc3)[C@@H]2CO)cc1. The molecular weight excluding hydrogens is 386 g/mol.